The highest BCUT2D eigenvalue weighted by molar-refractivity contribution is 6.84. The Morgan fingerprint density at radius 3 is 1.31 bits per heavy atom. The molecule has 0 aliphatic carbocycles. The van der Waals surface area contributed by atoms with Gasteiger partial charge in [0.25, 0.3) is 0 Å². The number of rotatable bonds is 20. The molecular weight excluding hydrogens is 945 g/mol. The fraction of sp³-hybridized carbons (Fsp3) is 0.926. The van der Waals surface area contributed by atoms with Crippen molar-refractivity contribution >= 4 is 49.7 Å². The average Bonchev–Trinajstić information content (AvgIpc) is 3.05. The third-order valence-corrected chi connectivity index (χ3v) is 39.5. The Hall–Kier alpha value is 0.101. The largest absolute Gasteiger partial charge is 0.414 e. The van der Waals surface area contributed by atoms with Gasteiger partial charge in [-0.3, -0.25) is 0 Å². The van der Waals surface area contributed by atoms with Crippen LogP contribution in [0.1, 0.15) is 156 Å². The van der Waals surface area contributed by atoms with Crippen molar-refractivity contribution in [3.8, 4) is 23.3 Å². The molecule has 400 valence electrons. The Kier molecular flexibility index (Phi) is 23.1. The predicted octanol–water partition coefficient (Wildman–Crippen LogP) is 15.7. The van der Waals surface area contributed by atoms with E-state index in [4.69, 9.17) is 31.6 Å². The zero-order chi connectivity index (χ0) is 53.8. The maximum atomic E-state index is 11.5. The van der Waals surface area contributed by atoms with Crippen LogP contribution < -0.4 is 0 Å². The molecule has 14 heteroatoms. The van der Waals surface area contributed by atoms with Gasteiger partial charge in [-0.25, -0.2) is 0 Å². The van der Waals surface area contributed by atoms with Crippen molar-refractivity contribution in [2.24, 2.45) is 0 Å². The lowest BCUT2D eigenvalue weighted by Gasteiger charge is -2.46. The molecule has 1 aliphatic rings. The van der Waals surface area contributed by atoms with Crippen LogP contribution in [0.25, 0.3) is 0 Å². The second-order valence-corrected chi connectivity index (χ2v) is 58.1. The molecule has 0 amide bonds. The van der Waals surface area contributed by atoms with Crippen molar-refractivity contribution in [3.05, 3.63) is 0 Å². The van der Waals surface area contributed by atoms with Crippen LogP contribution in [-0.2, 0) is 31.6 Å². The second kappa shape index (κ2) is 23.8. The highest BCUT2D eigenvalue weighted by atomic mass is 28.4. The van der Waals surface area contributed by atoms with Gasteiger partial charge in [0.2, 0.25) is 0 Å². The second-order valence-electron chi connectivity index (χ2n) is 29.6. The molecule has 1 rings (SSSR count). The van der Waals surface area contributed by atoms with E-state index in [0.717, 1.165) is 12.8 Å². The molecule has 0 unspecified atom stereocenters. The molecule has 8 nitrogen and oxygen atoms in total. The van der Waals surface area contributed by atoms with Gasteiger partial charge in [-0.2, -0.15) is 0 Å². The molecule has 7 atom stereocenters. The van der Waals surface area contributed by atoms with Crippen molar-refractivity contribution in [2.75, 3.05) is 6.61 Å². The lowest BCUT2D eigenvalue weighted by molar-refractivity contribution is -0.304. The van der Waals surface area contributed by atoms with E-state index in [9.17, 15) is 5.11 Å². The zero-order valence-electron chi connectivity index (χ0n) is 50.3. The molecule has 0 saturated carbocycles. The van der Waals surface area contributed by atoms with Crippen LogP contribution in [0.3, 0.4) is 0 Å². The first-order valence-electron chi connectivity index (χ1n) is 26.2. The minimum atomic E-state index is -2.25. The van der Waals surface area contributed by atoms with Crippen LogP contribution in [0.5, 0.6) is 0 Å². The molecule has 1 N–H and O–H groups in total. The Balaban J connectivity index is 3.68. The Morgan fingerprint density at radius 2 is 0.897 bits per heavy atom. The van der Waals surface area contributed by atoms with Crippen molar-refractivity contribution in [2.45, 2.75) is 315 Å². The number of ether oxygens (including phenoxy) is 2. The first-order valence-corrected chi connectivity index (χ1v) is 44.3. The van der Waals surface area contributed by atoms with Gasteiger partial charge in [0, 0.05) is 25.7 Å². The lowest BCUT2D eigenvalue weighted by Crippen LogP contribution is -2.51. The van der Waals surface area contributed by atoms with E-state index < -0.39 is 61.6 Å². The van der Waals surface area contributed by atoms with Crippen LogP contribution >= 0.6 is 0 Å². The first kappa shape index (κ1) is 66.1. The monoisotopic (exact) mass is 1060 g/mol. The van der Waals surface area contributed by atoms with Gasteiger partial charge in [-0.15, -0.1) is 5.54 Å². The minimum Gasteiger partial charge on any atom is -0.414 e. The summed E-state index contributed by atoms with van der Waals surface area (Å²) in [6.07, 6.45) is 1.60. The molecule has 1 saturated heterocycles. The maximum Gasteiger partial charge on any atom is 0.193 e. The molecule has 1 heterocycles. The molecule has 1 fully saturated rings. The summed E-state index contributed by atoms with van der Waals surface area (Å²) in [6.45, 7) is 68.8. The van der Waals surface area contributed by atoms with E-state index in [2.05, 4.69) is 212 Å². The zero-order valence-corrected chi connectivity index (χ0v) is 56.3. The van der Waals surface area contributed by atoms with Gasteiger partial charge in [0.05, 0.1) is 37.1 Å². The summed E-state index contributed by atoms with van der Waals surface area (Å²) >= 11 is 0. The fourth-order valence-electron chi connectivity index (χ4n) is 6.64. The van der Waals surface area contributed by atoms with E-state index in [1.807, 2.05) is 13.8 Å². The van der Waals surface area contributed by atoms with Crippen LogP contribution in [0, 0.1) is 23.3 Å². The minimum absolute atomic E-state index is 0.0141. The third kappa shape index (κ3) is 21.9. The van der Waals surface area contributed by atoms with Gasteiger partial charge in [0.1, 0.15) is 20.3 Å². The number of aliphatic hydroxyl groups is 1. The van der Waals surface area contributed by atoms with Gasteiger partial charge >= 0.3 is 0 Å². The smallest absolute Gasteiger partial charge is 0.193 e. The van der Waals surface area contributed by atoms with E-state index >= 15 is 0 Å². The average molecular weight is 1060 g/mol. The first-order chi connectivity index (χ1) is 29.8. The normalized spacial score (nSPS) is 20.9. The quantitative estimate of drug-likeness (QED) is 0.0954. The van der Waals surface area contributed by atoms with E-state index in [0.29, 0.717) is 32.3 Å². The summed E-state index contributed by atoms with van der Waals surface area (Å²) in [5.41, 5.74) is 3.52. The summed E-state index contributed by atoms with van der Waals surface area (Å²) in [7, 11) is -12.5. The van der Waals surface area contributed by atoms with E-state index in [-0.39, 0.29) is 61.8 Å². The molecule has 0 spiro atoms. The molecule has 0 aromatic rings. The summed E-state index contributed by atoms with van der Waals surface area (Å²) in [5, 5.41) is 11.7. The summed E-state index contributed by atoms with van der Waals surface area (Å²) in [4.78, 5) is 0. The Labute approximate surface area is 429 Å². The van der Waals surface area contributed by atoms with Gasteiger partial charge in [0.15, 0.2) is 47.4 Å². The van der Waals surface area contributed by atoms with Crippen molar-refractivity contribution in [1.29, 1.82) is 0 Å². The molecular formula is C54H112O8Si6. The fourth-order valence-corrected chi connectivity index (χ4v) is 13.4. The molecule has 1 aliphatic heterocycles. The van der Waals surface area contributed by atoms with E-state index in [1.54, 1.807) is 0 Å². The molecule has 0 radical (unpaired) electrons. The SMILES string of the molecule is CC1(C)O[C@@H](C[C@@H](C#CC[C@@H](O)C[C@H](C#C[Si](C)(C)C)O[Si](C)(C)C(C)(C)C)O[Si](C)(C)C(C)(C)C)C[C@@H](C[C@H](C[C@H](CO[Si](C)(C)C(C)(C)C)O[Si](C)(C)C(C)(C)C)O[Si](C)(C)C(C)(C)C)O1. The molecule has 0 aromatic carbocycles. The van der Waals surface area contributed by atoms with Crippen LogP contribution in [0.4, 0.5) is 0 Å². The highest BCUT2D eigenvalue weighted by Crippen LogP contribution is 2.44. The highest BCUT2D eigenvalue weighted by Gasteiger charge is 2.47. The maximum absolute atomic E-state index is 11.5. The Bertz CT molecular complexity index is 1700. The van der Waals surface area contributed by atoms with Crippen molar-refractivity contribution in [3.63, 3.8) is 0 Å². The predicted molar refractivity (Wildman–Crippen MR) is 308 cm³/mol. The summed E-state index contributed by atoms with van der Waals surface area (Å²) in [6, 6.07) is 0. The molecule has 0 bridgehead atoms. The van der Waals surface area contributed by atoms with Gasteiger partial charge in [-0.05, 0) is 117 Å². The van der Waals surface area contributed by atoms with E-state index in [1.165, 1.54) is 0 Å². The van der Waals surface area contributed by atoms with Gasteiger partial charge < -0.3 is 36.7 Å². The van der Waals surface area contributed by atoms with Gasteiger partial charge in [-0.1, -0.05) is 141 Å². The molecule has 0 aromatic heterocycles. The summed E-state index contributed by atoms with van der Waals surface area (Å²) in [5.74, 6) is 9.57. The summed E-state index contributed by atoms with van der Waals surface area (Å²) < 4.78 is 49.3. The number of hydrogen-bond donors (Lipinski definition) is 1. The topological polar surface area (TPSA) is 84.8 Å². The van der Waals surface area contributed by atoms with Crippen molar-refractivity contribution in [1.82, 2.24) is 0 Å². The van der Waals surface area contributed by atoms with Crippen LogP contribution in [-0.4, -0.2) is 110 Å². The lowest BCUT2D eigenvalue weighted by atomic mass is 9.97. The van der Waals surface area contributed by atoms with Crippen molar-refractivity contribution < 1.29 is 36.7 Å². The number of aliphatic hydroxyl groups excluding tert-OH is 1. The Morgan fingerprint density at radius 1 is 0.515 bits per heavy atom. The number of hydrogen-bond acceptors (Lipinski definition) is 8. The molecule has 68 heavy (non-hydrogen) atoms. The van der Waals surface area contributed by atoms with Crippen LogP contribution in [0.15, 0.2) is 0 Å². The van der Waals surface area contributed by atoms with Crippen LogP contribution in [0.2, 0.25) is 110 Å². The third-order valence-electron chi connectivity index (χ3n) is 16.1. The standard InChI is InChI=1S/C54H112O8Si6/c1-49(2,3)64(21,22)56-41-48(62-68(29,30)53(13,14)15)40-47(61-67(27,28)52(10,11)12)39-46-38-45(57-54(16,17)58-46)37-43(59-65(23,24)50(4,5)6)33-31-32-42(55)36-44(34-35-63(18,19)20)60-66(25,26)51(7,8)9/h42-48,55H,32,36-41H2,1-30H3/t42-,43-,44+,45+,46+,47-,48-/m1/s1.